The normalized spacial score (nSPS) is 24.0. The first-order valence-corrected chi connectivity index (χ1v) is 13.9. The van der Waals surface area contributed by atoms with Crippen molar-refractivity contribution in [2.45, 2.75) is 63.1 Å². The van der Waals surface area contributed by atoms with E-state index in [2.05, 4.69) is 5.32 Å². The molecule has 40 heavy (non-hydrogen) atoms. The molecule has 3 heterocycles. The maximum atomic E-state index is 14.1. The molecule has 0 atom stereocenters. The number of aromatic hydroxyl groups is 1. The van der Waals surface area contributed by atoms with Crippen molar-refractivity contribution in [1.29, 1.82) is 10.8 Å². The summed E-state index contributed by atoms with van der Waals surface area (Å²) in [5, 5.41) is 32.0. The fourth-order valence-electron chi connectivity index (χ4n) is 6.24. The van der Waals surface area contributed by atoms with Crippen LogP contribution < -0.4 is 15.8 Å². The minimum absolute atomic E-state index is 0.0254. The highest BCUT2D eigenvalue weighted by atomic mass is 32.2. The van der Waals surface area contributed by atoms with Gasteiger partial charge < -0.3 is 15.3 Å². The lowest BCUT2D eigenvalue weighted by Gasteiger charge is -2.58. The maximum Gasteiger partial charge on any atom is 0.278 e. The summed E-state index contributed by atoms with van der Waals surface area (Å²) < 4.78 is 28.7. The second-order valence-electron chi connectivity index (χ2n) is 10.6. The Hall–Kier alpha value is -3.74. The number of carbonyl (C=O) groups is 2. The molecule has 2 aliphatic heterocycles. The second-order valence-corrected chi connectivity index (χ2v) is 11.7. The number of fused-ring (bicyclic) bond motifs is 1. The predicted octanol–water partition coefficient (Wildman–Crippen LogP) is 3.07. The van der Waals surface area contributed by atoms with Crippen LogP contribution in [0, 0.1) is 22.5 Å². The third-order valence-corrected chi connectivity index (χ3v) is 9.25. The van der Waals surface area contributed by atoms with Crippen molar-refractivity contribution in [1.82, 2.24) is 14.9 Å². The van der Waals surface area contributed by atoms with Crippen LogP contribution in [0.1, 0.15) is 67.1 Å². The van der Waals surface area contributed by atoms with Gasteiger partial charge in [-0.1, -0.05) is 17.8 Å². The van der Waals surface area contributed by atoms with Crippen LogP contribution in [-0.4, -0.2) is 61.4 Å². The van der Waals surface area contributed by atoms with E-state index in [0.29, 0.717) is 56.5 Å². The van der Waals surface area contributed by atoms with Gasteiger partial charge in [0.2, 0.25) is 11.3 Å². The van der Waals surface area contributed by atoms with Crippen molar-refractivity contribution in [3.05, 3.63) is 63.1 Å². The fraction of sp³-hybridized carbons (Fsp3) is 0.444. The molecule has 2 aromatic rings. The summed E-state index contributed by atoms with van der Waals surface area (Å²) >= 11 is 0.609. The Morgan fingerprint density at radius 1 is 1.12 bits per heavy atom. The topological polar surface area (TPSA) is 143 Å². The molecule has 5 rings (SSSR count). The van der Waals surface area contributed by atoms with Gasteiger partial charge in [-0.25, -0.2) is 8.78 Å². The van der Waals surface area contributed by atoms with E-state index in [1.165, 1.54) is 16.9 Å². The number of thioether (sulfide) groups is 1. The molecule has 13 heteroatoms. The molecule has 2 amide bonds. The zero-order valence-corrected chi connectivity index (χ0v) is 23.0. The lowest BCUT2D eigenvalue weighted by Crippen LogP contribution is -2.71. The number of halogens is 2. The minimum atomic E-state index is -0.922. The van der Waals surface area contributed by atoms with E-state index in [4.69, 9.17) is 10.8 Å². The van der Waals surface area contributed by atoms with Gasteiger partial charge >= 0.3 is 0 Å². The molecule has 1 saturated carbocycles. The van der Waals surface area contributed by atoms with E-state index >= 15 is 0 Å². The molecule has 2 fully saturated rings. The zero-order chi connectivity index (χ0) is 29.0. The number of nitrogens with one attached hydrogen (secondary N) is 3. The average Bonchev–Trinajstić information content (AvgIpc) is 3.27. The van der Waals surface area contributed by atoms with Crippen LogP contribution >= 0.6 is 11.8 Å². The van der Waals surface area contributed by atoms with E-state index in [0.717, 1.165) is 12.5 Å². The Balaban J connectivity index is 1.45. The number of carbonyl (C=O) groups excluding carboxylic acids is 2. The summed E-state index contributed by atoms with van der Waals surface area (Å²) in [6.07, 6.45) is 4.73. The van der Waals surface area contributed by atoms with Gasteiger partial charge in [0.1, 0.15) is 22.3 Å². The third-order valence-electron chi connectivity index (χ3n) is 8.44. The molecule has 1 aliphatic carbocycles. The van der Waals surface area contributed by atoms with E-state index in [9.17, 15) is 28.3 Å². The second kappa shape index (κ2) is 10.0. The molecule has 0 bridgehead atoms. The SMILES string of the molecule is CCN1C(=O)c2c(O)c(=O)c(C(=N)SC(=N)Cc3ccc(F)cc3F)cn2N(C)C12CCC1(CCC(=O)N1)CC2. The molecular weight excluding hydrogens is 542 g/mol. The van der Waals surface area contributed by atoms with E-state index in [-0.39, 0.29) is 44.8 Å². The van der Waals surface area contributed by atoms with Crippen LogP contribution in [0.5, 0.6) is 5.75 Å². The Kier molecular flexibility index (Phi) is 6.97. The molecule has 0 radical (unpaired) electrons. The van der Waals surface area contributed by atoms with Crippen molar-refractivity contribution in [3.63, 3.8) is 0 Å². The lowest BCUT2D eigenvalue weighted by atomic mass is 9.74. The van der Waals surface area contributed by atoms with Gasteiger partial charge in [0.05, 0.1) is 10.6 Å². The Bertz CT molecular complexity index is 1500. The van der Waals surface area contributed by atoms with Crippen LogP contribution in [-0.2, 0) is 11.2 Å². The van der Waals surface area contributed by atoms with E-state index in [1.54, 1.807) is 17.0 Å². The highest BCUT2D eigenvalue weighted by Crippen LogP contribution is 2.46. The third kappa shape index (κ3) is 4.45. The van der Waals surface area contributed by atoms with Crippen LogP contribution in [0.4, 0.5) is 8.78 Å². The number of hydrogen-bond acceptors (Lipinski definition) is 8. The highest BCUT2D eigenvalue weighted by Gasteiger charge is 2.54. The first-order valence-electron chi connectivity index (χ1n) is 13.1. The van der Waals surface area contributed by atoms with Crippen molar-refractivity contribution in [2.24, 2.45) is 0 Å². The first-order chi connectivity index (χ1) is 18.9. The van der Waals surface area contributed by atoms with Gasteiger partial charge in [-0.05, 0) is 50.7 Å². The predicted molar refractivity (Wildman–Crippen MR) is 147 cm³/mol. The molecular formula is C27H30F2N6O4S. The summed E-state index contributed by atoms with van der Waals surface area (Å²) in [6, 6.07) is 3.00. The monoisotopic (exact) mass is 572 g/mol. The first kappa shape index (κ1) is 27.8. The number of hydrogen-bond donors (Lipinski definition) is 4. The largest absolute Gasteiger partial charge is 0.502 e. The fourth-order valence-corrected chi connectivity index (χ4v) is 6.97. The van der Waals surface area contributed by atoms with Crippen LogP contribution in [0.25, 0.3) is 0 Å². The molecule has 1 aromatic heterocycles. The van der Waals surface area contributed by atoms with Gasteiger partial charge in [0.15, 0.2) is 11.4 Å². The van der Waals surface area contributed by atoms with Crippen molar-refractivity contribution in [3.8, 4) is 5.75 Å². The summed E-state index contributed by atoms with van der Waals surface area (Å²) in [7, 11) is 1.76. The smallest absolute Gasteiger partial charge is 0.278 e. The quantitative estimate of drug-likeness (QED) is 0.328. The molecule has 0 unspecified atom stereocenters. The standard InChI is InChI=1S/C27H30F2N6O4S/c1-3-34-25(39)21-23(38)22(37)17(24(31)40-19(30)12-15-4-5-16(28)13-18(15)29)14-35(21)33(2)27(34)10-8-26(9-11-27)7-6-20(36)32-26/h4-5,13-14,30-31,38H,3,6-12H2,1-2H3,(H,32,36). The Morgan fingerprint density at radius 3 is 2.42 bits per heavy atom. The molecule has 1 saturated heterocycles. The maximum absolute atomic E-state index is 14.1. The zero-order valence-electron chi connectivity index (χ0n) is 22.1. The summed E-state index contributed by atoms with van der Waals surface area (Å²) in [5.74, 6) is -2.84. The highest BCUT2D eigenvalue weighted by molar-refractivity contribution is 8.26. The molecule has 4 N–H and O–H groups in total. The lowest BCUT2D eigenvalue weighted by molar-refractivity contribution is -0.120. The Morgan fingerprint density at radius 2 is 1.82 bits per heavy atom. The van der Waals surface area contributed by atoms with Crippen molar-refractivity contribution in [2.75, 3.05) is 18.6 Å². The van der Waals surface area contributed by atoms with Gasteiger partial charge in [0, 0.05) is 44.2 Å². The average molecular weight is 573 g/mol. The molecule has 212 valence electrons. The van der Waals surface area contributed by atoms with E-state index < -0.39 is 34.4 Å². The summed E-state index contributed by atoms with van der Waals surface area (Å²) in [5.41, 5.74) is -2.36. The minimum Gasteiger partial charge on any atom is -0.502 e. The molecule has 10 nitrogen and oxygen atoms in total. The van der Waals surface area contributed by atoms with Gasteiger partial charge in [-0.2, -0.15) is 0 Å². The number of amides is 2. The van der Waals surface area contributed by atoms with Crippen molar-refractivity contribution < 1.29 is 23.5 Å². The van der Waals surface area contributed by atoms with Gasteiger partial charge in [-0.15, -0.1) is 0 Å². The summed E-state index contributed by atoms with van der Waals surface area (Å²) in [6.45, 7) is 2.16. The number of benzene rings is 1. The van der Waals surface area contributed by atoms with Crippen molar-refractivity contribution >= 4 is 33.7 Å². The van der Waals surface area contributed by atoms with E-state index in [1.807, 2.05) is 6.92 Å². The van der Waals surface area contributed by atoms with Crippen LogP contribution in [0.15, 0.2) is 29.2 Å². The molecule has 3 aliphatic rings. The van der Waals surface area contributed by atoms with Gasteiger partial charge in [-0.3, -0.25) is 34.9 Å². The van der Waals surface area contributed by atoms with Crippen LogP contribution in [0.2, 0.25) is 0 Å². The number of nitrogens with zero attached hydrogens (tertiary/aromatic N) is 3. The van der Waals surface area contributed by atoms with Gasteiger partial charge in [0.25, 0.3) is 5.91 Å². The number of aromatic nitrogens is 1. The summed E-state index contributed by atoms with van der Waals surface area (Å²) in [4.78, 5) is 40.4. The molecule has 2 spiro atoms. The molecule has 1 aromatic carbocycles. The Labute approximate surface area is 233 Å². The van der Waals surface area contributed by atoms with Crippen LogP contribution in [0.3, 0.4) is 0 Å². The number of rotatable bonds is 4. The number of pyridine rings is 1.